The molecule has 1 unspecified atom stereocenters. The minimum atomic E-state index is -1.11. The van der Waals surface area contributed by atoms with Crippen LogP contribution in [-0.4, -0.2) is 42.5 Å². The molecule has 0 radical (unpaired) electrons. The van der Waals surface area contributed by atoms with Gasteiger partial charge in [0.15, 0.2) is 23.5 Å². The number of fused-ring (bicyclic) bond motifs is 1. The molecular formula is C27H20F2N6O3. The molecule has 1 aliphatic rings. The van der Waals surface area contributed by atoms with Crippen LogP contribution in [0.2, 0.25) is 0 Å². The van der Waals surface area contributed by atoms with E-state index in [1.165, 1.54) is 21.9 Å². The van der Waals surface area contributed by atoms with E-state index >= 15 is 4.39 Å². The fraction of sp³-hybridized carbons (Fsp3) is 0.148. The Kier molecular flexibility index (Phi) is 5.87. The lowest BCUT2D eigenvalue weighted by molar-refractivity contribution is -0.138. The Morgan fingerprint density at radius 2 is 1.87 bits per heavy atom. The first-order chi connectivity index (χ1) is 18.5. The first-order valence-electron chi connectivity index (χ1n) is 11.8. The first kappa shape index (κ1) is 23.5. The number of benzene rings is 2. The van der Waals surface area contributed by atoms with Gasteiger partial charge < -0.3 is 14.5 Å². The average Bonchev–Trinajstić information content (AvgIpc) is 3.60. The second-order valence-electron chi connectivity index (χ2n) is 8.80. The number of aliphatic carboxylic acids is 1. The van der Waals surface area contributed by atoms with Crippen LogP contribution in [0.3, 0.4) is 0 Å². The molecule has 9 nitrogen and oxygen atoms in total. The number of anilines is 1. The van der Waals surface area contributed by atoms with Gasteiger partial charge in [-0.1, -0.05) is 47.6 Å². The van der Waals surface area contributed by atoms with Crippen molar-refractivity contribution >= 4 is 11.8 Å². The van der Waals surface area contributed by atoms with Crippen LogP contribution in [0.15, 0.2) is 77.6 Å². The number of carbonyl (C=O) groups is 1. The van der Waals surface area contributed by atoms with Crippen LogP contribution >= 0.6 is 0 Å². The van der Waals surface area contributed by atoms with Gasteiger partial charge in [0, 0.05) is 18.2 Å². The number of aromatic nitrogens is 5. The molecule has 0 saturated carbocycles. The molecule has 11 heteroatoms. The molecule has 0 amide bonds. The van der Waals surface area contributed by atoms with Gasteiger partial charge in [-0.25, -0.2) is 23.5 Å². The van der Waals surface area contributed by atoms with E-state index in [0.717, 1.165) is 11.8 Å². The van der Waals surface area contributed by atoms with Crippen LogP contribution in [-0.2, 0) is 17.8 Å². The Bertz CT molecular complexity index is 1640. The van der Waals surface area contributed by atoms with E-state index < -0.39 is 17.8 Å². The summed E-state index contributed by atoms with van der Waals surface area (Å²) in [5, 5.41) is 18.6. The Hall–Kier alpha value is -4.93. The van der Waals surface area contributed by atoms with E-state index in [-0.39, 0.29) is 36.2 Å². The van der Waals surface area contributed by atoms with Crippen molar-refractivity contribution in [3.8, 4) is 22.9 Å². The summed E-state index contributed by atoms with van der Waals surface area (Å²) in [5.41, 5.74) is 3.15. The molecule has 6 rings (SSSR count). The highest BCUT2D eigenvalue weighted by atomic mass is 19.1. The number of nitrogens with zero attached hydrogens (tertiary/aromatic N) is 6. The van der Waals surface area contributed by atoms with Crippen molar-refractivity contribution < 1.29 is 23.2 Å². The molecule has 38 heavy (non-hydrogen) atoms. The normalized spacial score (nSPS) is 14.9. The van der Waals surface area contributed by atoms with Crippen LogP contribution in [0.5, 0.6) is 0 Å². The highest BCUT2D eigenvalue weighted by Gasteiger charge is 2.35. The second kappa shape index (κ2) is 9.51. The third-order valence-electron chi connectivity index (χ3n) is 6.50. The molecule has 190 valence electrons. The van der Waals surface area contributed by atoms with Crippen LogP contribution in [0.4, 0.5) is 14.6 Å². The van der Waals surface area contributed by atoms with Crippen molar-refractivity contribution in [1.29, 1.82) is 0 Å². The molecular weight excluding hydrogens is 494 g/mol. The maximum Gasteiger partial charge on any atom is 0.331 e. The lowest BCUT2D eigenvalue weighted by Crippen LogP contribution is -2.40. The minimum Gasteiger partial charge on any atom is -0.479 e. The lowest BCUT2D eigenvalue weighted by Gasteiger charge is -2.35. The van der Waals surface area contributed by atoms with E-state index in [4.69, 9.17) is 4.52 Å². The summed E-state index contributed by atoms with van der Waals surface area (Å²) < 4.78 is 36.0. The molecule has 0 bridgehead atoms. The predicted molar refractivity (Wildman–Crippen MR) is 132 cm³/mol. The van der Waals surface area contributed by atoms with Crippen molar-refractivity contribution in [2.45, 2.75) is 19.0 Å². The molecule has 1 atom stereocenters. The Morgan fingerprint density at radius 3 is 2.66 bits per heavy atom. The number of carboxylic acids is 1. The molecule has 4 heterocycles. The van der Waals surface area contributed by atoms with Gasteiger partial charge >= 0.3 is 5.97 Å². The van der Waals surface area contributed by atoms with Crippen LogP contribution in [0, 0.1) is 11.6 Å². The smallest absolute Gasteiger partial charge is 0.331 e. The van der Waals surface area contributed by atoms with Gasteiger partial charge in [-0.2, -0.15) is 5.10 Å². The predicted octanol–water partition coefficient (Wildman–Crippen LogP) is 4.51. The fourth-order valence-electron chi connectivity index (χ4n) is 4.73. The maximum atomic E-state index is 15.1. The maximum absolute atomic E-state index is 15.1. The van der Waals surface area contributed by atoms with E-state index in [1.54, 1.807) is 42.5 Å². The number of halogens is 2. The highest BCUT2D eigenvalue weighted by molar-refractivity contribution is 5.81. The first-order valence-corrected chi connectivity index (χ1v) is 11.8. The lowest BCUT2D eigenvalue weighted by atomic mass is 9.92. The van der Waals surface area contributed by atoms with E-state index in [9.17, 15) is 14.3 Å². The van der Waals surface area contributed by atoms with E-state index in [1.807, 2.05) is 12.1 Å². The molecule has 0 fully saturated rings. The molecule has 0 aliphatic carbocycles. The van der Waals surface area contributed by atoms with Crippen LogP contribution < -0.4 is 4.90 Å². The molecule has 1 aliphatic heterocycles. The molecule has 3 aromatic heterocycles. The van der Waals surface area contributed by atoms with Gasteiger partial charge in [-0.3, -0.25) is 4.68 Å². The van der Waals surface area contributed by atoms with Gasteiger partial charge in [0.25, 0.3) is 0 Å². The fourth-order valence-corrected chi connectivity index (χ4v) is 4.73. The SMILES string of the molecule is O=C(O)C1c2ccccc2CCN1c1nc(-c2cc(-c3ccon3)n(Cc3ccccc3F)n2)ncc1F. The number of hydrogen-bond donors (Lipinski definition) is 1. The summed E-state index contributed by atoms with van der Waals surface area (Å²) in [7, 11) is 0. The Morgan fingerprint density at radius 1 is 1.05 bits per heavy atom. The summed E-state index contributed by atoms with van der Waals surface area (Å²) >= 11 is 0. The monoisotopic (exact) mass is 514 g/mol. The van der Waals surface area contributed by atoms with Crippen molar-refractivity contribution in [1.82, 2.24) is 24.9 Å². The minimum absolute atomic E-state index is 0.0847. The highest BCUT2D eigenvalue weighted by Crippen LogP contribution is 2.35. The average molecular weight is 514 g/mol. The third-order valence-corrected chi connectivity index (χ3v) is 6.50. The van der Waals surface area contributed by atoms with Crippen molar-refractivity contribution in [2.75, 3.05) is 11.4 Å². The summed E-state index contributed by atoms with van der Waals surface area (Å²) in [5.74, 6) is -2.30. The zero-order valence-electron chi connectivity index (χ0n) is 19.8. The van der Waals surface area contributed by atoms with Gasteiger partial charge in [0.2, 0.25) is 0 Å². The molecule has 5 aromatic rings. The summed E-state index contributed by atoms with van der Waals surface area (Å²) in [6, 6.07) is 15.7. The summed E-state index contributed by atoms with van der Waals surface area (Å²) in [6.45, 7) is 0.347. The van der Waals surface area contributed by atoms with Crippen LogP contribution in [0.1, 0.15) is 22.7 Å². The summed E-state index contributed by atoms with van der Waals surface area (Å²) in [6.07, 6.45) is 2.94. The van der Waals surface area contributed by atoms with Crippen molar-refractivity contribution in [3.63, 3.8) is 0 Å². The molecule has 0 spiro atoms. The Labute approximate surface area is 215 Å². The number of hydrogen-bond acceptors (Lipinski definition) is 7. The number of rotatable bonds is 6. The molecule has 0 saturated heterocycles. The molecule has 2 aromatic carbocycles. The van der Waals surface area contributed by atoms with Gasteiger partial charge in [0.05, 0.1) is 18.4 Å². The topological polar surface area (TPSA) is 110 Å². The standard InChI is InChI=1S/C27H20F2N6O3/c28-19-8-4-2-6-17(19)15-35-23(21-10-12-38-33-21)13-22(32-35)25-30-14-20(29)26(31-25)34-11-9-16-5-1-3-7-18(16)24(34)27(36)37/h1-8,10,12-14,24H,9,11,15H2,(H,36,37). The quantitative estimate of drug-likeness (QED) is 0.353. The van der Waals surface area contributed by atoms with Gasteiger partial charge in [0.1, 0.15) is 23.5 Å². The second-order valence-corrected chi connectivity index (χ2v) is 8.80. The van der Waals surface area contributed by atoms with E-state index in [0.29, 0.717) is 28.9 Å². The van der Waals surface area contributed by atoms with E-state index in [2.05, 4.69) is 20.2 Å². The zero-order chi connectivity index (χ0) is 26.2. The van der Waals surface area contributed by atoms with Crippen LogP contribution in [0.25, 0.3) is 22.9 Å². The van der Waals surface area contributed by atoms with Crippen molar-refractivity contribution in [2.24, 2.45) is 0 Å². The van der Waals surface area contributed by atoms with Crippen molar-refractivity contribution in [3.05, 3.63) is 101 Å². The van der Waals surface area contributed by atoms with Gasteiger partial charge in [-0.05, 0) is 29.7 Å². The Balaban J connectivity index is 1.42. The number of carboxylic acid groups (broad SMARTS) is 1. The zero-order valence-corrected chi connectivity index (χ0v) is 19.8. The molecule has 1 N–H and O–H groups in total. The third kappa shape index (κ3) is 4.17. The summed E-state index contributed by atoms with van der Waals surface area (Å²) in [4.78, 5) is 22.2. The largest absolute Gasteiger partial charge is 0.479 e. The van der Waals surface area contributed by atoms with Gasteiger partial charge in [-0.15, -0.1) is 0 Å².